The van der Waals surface area contributed by atoms with Crippen LogP contribution in [0.25, 0.3) is 11.0 Å². The van der Waals surface area contributed by atoms with Crippen LogP contribution >= 0.6 is 0 Å². The van der Waals surface area contributed by atoms with Crippen molar-refractivity contribution in [1.82, 2.24) is 20.2 Å². The van der Waals surface area contributed by atoms with Crippen LogP contribution < -0.4 is 10.6 Å². The number of sulfone groups is 1. The maximum absolute atomic E-state index is 11.3. The monoisotopic (exact) mass is 379 g/mol. The Hall–Kier alpha value is -2.09. The van der Waals surface area contributed by atoms with Crippen LogP contribution in [-0.4, -0.2) is 55.6 Å². The largest absolute Gasteiger partial charge is 0.356 e. The van der Waals surface area contributed by atoms with Crippen molar-refractivity contribution in [3.63, 3.8) is 0 Å². The molecule has 0 saturated heterocycles. The third-order valence-corrected chi connectivity index (χ3v) is 5.20. The number of guanidine groups is 1. The van der Waals surface area contributed by atoms with Crippen molar-refractivity contribution in [3.05, 3.63) is 30.1 Å². The molecule has 0 fully saturated rings. The van der Waals surface area contributed by atoms with Gasteiger partial charge >= 0.3 is 0 Å². The van der Waals surface area contributed by atoms with Crippen LogP contribution in [0.1, 0.15) is 25.6 Å². The Morgan fingerprint density at radius 2 is 2.08 bits per heavy atom. The summed E-state index contributed by atoms with van der Waals surface area (Å²) in [5.41, 5.74) is 2.18. The highest BCUT2D eigenvalue weighted by atomic mass is 32.2. The molecule has 1 atom stereocenters. The van der Waals surface area contributed by atoms with Crippen LogP contribution in [0, 0.1) is 6.92 Å². The maximum atomic E-state index is 11.3. The molecule has 26 heavy (non-hydrogen) atoms. The highest BCUT2D eigenvalue weighted by molar-refractivity contribution is 7.90. The van der Waals surface area contributed by atoms with E-state index >= 15 is 0 Å². The van der Waals surface area contributed by atoms with E-state index < -0.39 is 9.84 Å². The zero-order chi connectivity index (χ0) is 19.2. The van der Waals surface area contributed by atoms with Gasteiger partial charge < -0.3 is 15.2 Å². The Kier molecular flexibility index (Phi) is 7.02. The summed E-state index contributed by atoms with van der Waals surface area (Å²) in [6, 6.07) is 8.19. The number of aryl methyl sites for hydroxylation is 2. The van der Waals surface area contributed by atoms with E-state index in [1.807, 2.05) is 32.0 Å². The number of hydrogen-bond acceptors (Lipinski definition) is 4. The van der Waals surface area contributed by atoms with E-state index in [-0.39, 0.29) is 11.8 Å². The molecule has 0 spiro atoms. The van der Waals surface area contributed by atoms with E-state index in [2.05, 4.69) is 31.2 Å². The van der Waals surface area contributed by atoms with E-state index in [9.17, 15) is 8.42 Å². The van der Waals surface area contributed by atoms with Gasteiger partial charge in [-0.15, -0.1) is 0 Å². The highest BCUT2D eigenvalue weighted by Crippen LogP contribution is 2.15. The minimum atomic E-state index is -2.94. The Labute approximate surface area is 155 Å². The second-order valence-corrected chi connectivity index (χ2v) is 8.88. The van der Waals surface area contributed by atoms with E-state index in [4.69, 9.17) is 0 Å². The molecule has 0 radical (unpaired) electrons. The molecule has 144 valence electrons. The van der Waals surface area contributed by atoms with Gasteiger partial charge in [0.15, 0.2) is 5.96 Å². The number of rotatable bonds is 8. The van der Waals surface area contributed by atoms with Gasteiger partial charge in [0.2, 0.25) is 0 Å². The minimum absolute atomic E-state index is 0.0377. The number of imidazole rings is 1. The highest BCUT2D eigenvalue weighted by Gasteiger charge is 2.10. The summed E-state index contributed by atoms with van der Waals surface area (Å²) in [6.45, 7) is 5.63. The molecule has 1 heterocycles. The molecule has 0 amide bonds. The lowest BCUT2D eigenvalue weighted by Gasteiger charge is -2.17. The smallest absolute Gasteiger partial charge is 0.191 e. The van der Waals surface area contributed by atoms with Crippen molar-refractivity contribution in [1.29, 1.82) is 0 Å². The topological polar surface area (TPSA) is 88.4 Å². The maximum Gasteiger partial charge on any atom is 0.191 e. The van der Waals surface area contributed by atoms with E-state index in [1.165, 1.54) is 6.26 Å². The lowest BCUT2D eigenvalue weighted by molar-refractivity contribution is 0.577. The Morgan fingerprint density at radius 3 is 2.77 bits per heavy atom. The summed E-state index contributed by atoms with van der Waals surface area (Å²) in [5.74, 6) is 1.88. The van der Waals surface area contributed by atoms with Gasteiger partial charge in [-0.2, -0.15) is 0 Å². The van der Waals surface area contributed by atoms with Gasteiger partial charge in [0.1, 0.15) is 15.7 Å². The molecule has 1 aromatic heterocycles. The third-order valence-electron chi connectivity index (χ3n) is 4.22. The number of hydrogen-bond donors (Lipinski definition) is 2. The fourth-order valence-corrected chi connectivity index (χ4v) is 3.59. The summed E-state index contributed by atoms with van der Waals surface area (Å²) in [6.07, 6.45) is 2.74. The number of fused-ring (bicyclic) bond motifs is 1. The van der Waals surface area contributed by atoms with E-state index in [0.29, 0.717) is 12.4 Å². The molecule has 2 aromatic rings. The zero-order valence-corrected chi connectivity index (χ0v) is 16.8. The second-order valence-electron chi connectivity index (χ2n) is 6.62. The second kappa shape index (κ2) is 9.02. The lowest BCUT2D eigenvalue weighted by atomic mass is 10.3. The summed E-state index contributed by atoms with van der Waals surface area (Å²) in [5, 5.41) is 6.51. The van der Waals surface area contributed by atoms with Gasteiger partial charge in [0, 0.05) is 32.4 Å². The normalized spacial score (nSPS) is 13.8. The number of para-hydroxylation sites is 2. The summed E-state index contributed by atoms with van der Waals surface area (Å²) in [4.78, 5) is 8.78. The SMILES string of the molecule is CN=C(NCCCn1c(C)nc2ccccc21)NC(C)CCS(C)(=O)=O. The molecular weight excluding hydrogens is 350 g/mol. The first-order chi connectivity index (χ1) is 12.3. The molecule has 0 aliphatic heterocycles. The number of aromatic nitrogens is 2. The minimum Gasteiger partial charge on any atom is -0.356 e. The van der Waals surface area contributed by atoms with E-state index in [0.717, 1.165) is 36.4 Å². The summed E-state index contributed by atoms with van der Waals surface area (Å²) in [7, 11) is -1.22. The van der Waals surface area contributed by atoms with Crippen LogP contribution in [0.15, 0.2) is 29.3 Å². The first-order valence-corrected chi connectivity index (χ1v) is 10.9. The van der Waals surface area contributed by atoms with Gasteiger partial charge in [-0.1, -0.05) is 12.1 Å². The number of benzene rings is 1. The molecule has 8 heteroatoms. The van der Waals surface area contributed by atoms with Gasteiger partial charge in [0.05, 0.1) is 16.8 Å². The Balaban J connectivity index is 1.79. The first-order valence-electron chi connectivity index (χ1n) is 8.87. The standard InChI is InChI=1S/C18H29N5O2S/c1-14(10-13-26(4,24)25)21-18(19-3)20-11-7-12-23-15(2)22-16-8-5-6-9-17(16)23/h5-6,8-9,14H,7,10-13H2,1-4H3,(H2,19,20,21). The summed E-state index contributed by atoms with van der Waals surface area (Å²) < 4.78 is 24.7. The van der Waals surface area contributed by atoms with Crippen LogP contribution in [0.4, 0.5) is 0 Å². The number of nitrogens with zero attached hydrogens (tertiary/aromatic N) is 3. The fourth-order valence-electron chi connectivity index (χ4n) is 2.81. The molecule has 7 nitrogen and oxygen atoms in total. The number of nitrogens with one attached hydrogen (secondary N) is 2. The Bertz CT molecular complexity index is 858. The van der Waals surface area contributed by atoms with Crippen LogP contribution in [-0.2, 0) is 16.4 Å². The molecule has 2 N–H and O–H groups in total. The van der Waals surface area contributed by atoms with Crippen LogP contribution in [0.5, 0.6) is 0 Å². The van der Waals surface area contributed by atoms with E-state index in [1.54, 1.807) is 7.05 Å². The fraction of sp³-hybridized carbons (Fsp3) is 0.556. The zero-order valence-electron chi connectivity index (χ0n) is 16.0. The third kappa shape index (κ3) is 6.01. The molecule has 2 rings (SSSR count). The van der Waals surface area contributed by atoms with Crippen molar-refractivity contribution in [2.24, 2.45) is 4.99 Å². The first kappa shape index (κ1) is 20.2. The van der Waals surface area contributed by atoms with Gasteiger partial charge in [-0.3, -0.25) is 4.99 Å². The van der Waals surface area contributed by atoms with Gasteiger partial charge in [-0.05, 0) is 38.8 Å². The van der Waals surface area contributed by atoms with Gasteiger partial charge in [0.25, 0.3) is 0 Å². The lowest BCUT2D eigenvalue weighted by Crippen LogP contribution is -2.43. The van der Waals surface area contributed by atoms with Crippen molar-refractivity contribution < 1.29 is 8.42 Å². The average Bonchev–Trinajstić information content (AvgIpc) is 2.90. The van der Waals surface area contributed by atoms with Crippen molar-refractivity contribution in [3.8, 4) is 0 Å². The molecule has 0 saturated carbocycles. The Morgan fingerprint density at radius 1 is 1.35 bits per heavy atom. The molecule has 0 aliphatic rings. The van der Waals surface area contributed by atoms with Crippen molar-refractivity contribution in [2.45, 2.75) is 39.3 Å². The number of aliphatic imine (C=N–C) groups is 1. The van der Waals surface area contributed by atoms with Crippen LogP contribution in [0.2, 0.25) is 0 Å². The molecule has 1 aromatic carbocycles. The predicted octanol–water partition coefficient (Wildman–Crippen LogP) is 1.72. The molecule has 0 aliphatic carbocycles. The predicted molar refractivity (Wildman–Crippen MR) is 107 cm³/mol. The van der Waals surface area contributed by atoms with Crippen molar-refractivity contribution in [2.75, 3.05) is 25.6 Å². The average molecular weight is 380 g/mol. The molecule has 0 bridgehead atoms. The summed E-state index contributed by atoms with van der Waals surface area (Å²) >= 11 is 0. The van der Waals surface area contributed by atoms with Gasteiger partial charge in [-0.25, -0.2) is 13.4 Å². The molecular formula is C18H29N5O2S. The van der Waals surface area contributed by atoms with Crippen LogP contribution in [0.3, 0.4) is 0 Å². The molecule has 1 unspecified atom stereocenters. The quantitative estimate of drug-likeness (QED) is 0.414. The van der Waals surface area contributed by atoms with Crippen molar-refractivity contribution >= 4 is 26.8 Å².